The molecule has 0 fully saturated rings. The van der Waals surface area contributed by atoms with Gasteiger partial charge >= 0.3 is 21.7 Å². The van der Waals surface area contributed by atoms with Gasteiger partial charge in [-0.15, -0.1) is 36.4 Å². The van der Waals surface area contributed by atoms with Crippen LogP contribution in [0.5, 0.6) is 0 Å². The summed E-state index contributed by atoms with van der Waals surface area (Å²) >= 11 is 0. The first-order valence-electron chi connectivity index (χ1n) is 10.1. The van der Waals surface area contributed by atoms with Crippen LogP contribution in [-0.4, -0.2) is 13.2 Å². The molecule has 0 saturated carbocycles. The zero-order chi connectivity index (χ0) is 22.3. The molecule has 0 amide bonds. The Bertz CT molecular complexity index is 599. The number of hydrogen-bond acceptors (Lipinski definition) is 2. The Morgan fingerprint density at radius 2 is 0.806 bits per heavy atom. The topological polar surface area (TPSA) is 32.6 Å². The Hall–Kier alpha value is -2.14. The summed E-state index contributed by atoms with van der Waals surface area (Å²) in [5.41, 5.74) is 6.57. The molecular formula is C27H35NO2Ti. The van der Waals surface area contributed by atoms with E-state index in [2.05, 4.69) is 36.1 Å². The molecule has 4 heteroatoms. The fraction of sp³-hybridized carbons (Fsp3) is 0.222. The minimum Gasteiger partial charge on any atom is -0.462 e. The monoisotopic (exact) mass is 453 g/mol. The van der Waals surface area contributed by atoms with E-state index in [1.807, 2.05) is 105 Å². The van der Waals surface area contributed by atoms with E-state index < -0.39 is 0 Å². The van der Waals surface area contributed by atoms with Crippen LogP contribution in [0.3, 0.4) is 0 Å². The van der Waals surface area contributed by atoms with Crippen molar-refractivity contribution in [2.24, 2.45) is 0 Å². The van der Waals surface area contributed by atoms with Gasteiger partial charge in [0.15, 0.2) is 0 Å². The third kappa shape index (κ3) is 24.0. The Balaban J connectivity index is 0. The molecule has 0 atom stereocenters. The van der Waals surface area contributed by atoms with Crippen molar-refractivity contribution in [3.8, 4) is 0 Å². The van der Waals surface area contributed by atoms with Crippen LogP contribution >= 0.6 is 0 Å². The van der Waals surface area contributed by atoms with E-state index in [0.29, 0.717) is 13.2 Å². The predicted molar refractivity (Wildman–Crippen MR) is 129 cm³/mol. The van der Waals surface area contributed by atoms with Gasteiger partial charge in [-0.1, -0.05) is 32.0 Å². The van der Waals surface area contributed by atoms with Crippen molar-refractivity contribution >= 4 is 0 Å². The zero-order valence-corrected chi connectivity index (χ0v) is 20.4. The van der Waals surface area contributed by atoms with Gasteiger partial charge in [-0.25, -0.2) is 0 Å². The first-order chi connectivity index (χ1) is 14.6. The van der Waals surface area contributed by atoms with Crippen LogP contribution in [0.4, 0.5) is 0 Å². The molecular weight excluding hydrogens is 418 g/mol. The number of hydrogen-bond donors (Lipinski definition) is 0. The van der Waals surface area contributed by atoms with Crippen molar-refractivity contribution in [1.29, 1.82) is 0 Å². The van der Waals surface area contributed by atoms with Gasteiger partial charge < -0.3 is 15.3 Å². The second kappa shape index (κ2) is 24.1. The molecule has 0 N–H and O–H groups in total. The zero-order valence-electron chi connectivity index (χ0n) is 18.9. The van der Waals surface area contributed by atoms with E-state index in [1.54, 1.807) is 0 Å². The molecule has 0 aliphatic carbocycles. The van der Waals surface area contributed by atoms with E-state index in [1.165, 1.54) is 0 Å². The van der Waals surface area contributed by atoms with E-state index >= 15 is 0 Å². The van der Waals surface area contributed by atoms with Crippen molar-refractivity contribution in [3.63, 3.8) is 0 Å². The molecule has 0 aromatic heterocycles. The predicted octanol–water partition coefficient (Wildman–Crippen LogP) is 7.65. The summed E-state index contributed by atoms with van der Waals surface area (Å²) in [5.74, 6) is 0. The molecule has 0 aliphatic heterocycles. The maximum Gasteiger partial charge on any atom is 4.00 e. The van der Waals surface area contributed by atoms with Crippen LogP contribution in [0.2, 0.25) is 0 Å². The molecule has 0 spiro atoms. The molecule has 0 heterocycles. The van der Waals surface area contributed by atoms with E-state index in [4.69, 9.17) is 0 Å². The van der Waals surface area contributed by atoms with Gasteiger partial charge in [0.1, 0.15) is 0 Å². The number of rotatable bonds is 6. The van der Waals surface area contributed by atoms with Crippen molar-refractivity contribution < 1.29 is 31.4 Å². The van der Waals surface area contributed by atoms with Gasteiger partial charge in [0, 0.05) is 13.2 Å². The average Bonchev–Trinajstić information content (AvgIpc) is 2.77. The second-order valence-electron chi connectivity index (χ2n) is 6.20. The van der Waals surface area contributed by atoms with Gasteiger partial charge in [-0.2, -0.15) is 73.9 Å². The minimum absolute atomic E-state index is 0. The summed E-state index contributed by atoms with van der Waals surface area (Å²) in [6.07, 6.45) is 1.94. The molecule has 0 radical (unpaired) electrons. The van der Waals surface area contributed by atoms with Crippen LogP contribution in [0.1, 0.15) is 43.4 Å². The van der Waals surface area contributed by atoms with E-state index in [-0.39, 0.29) is 21.7 Å². The molecule has 3 rings (SSSR count). The number of nitrogens with zero attached hydrogens (tertiary/aromatic N) is 1. The largest absolute Gasteiger partial charge is 4.00 e. The summed E-state index contributed by atoms with van der Waals surface area (Å²) in [4.78, 5) is 9.38. The third-order valence-corrected chi connectivity index (χ3v) is 3.22. The molecule has 0 saturated heterocycles. The first kappa shape index (κ1) is 31.1. The molecule has 3 nitrogen and oxygen atoms in total. The maximum atomic E-state index is 4.69. The second-order valence-corrected chi connectivity index (χ2v) is 6.20. The van der Waals surface area contributed by atoms with Gasteiger partial charge in [0.05, 0.1) is 0 Å². The van der Waals surface area contributed by atoms with Crippen LogP contribution in [-0.2, 0) is 31.4 Å². The Morgan fingerprint density at radius 1 is 0.548 bits per heavy atom. The van der Waals surface area contributed by atoms with E-state index in [9.17, 15) is 0 Å². The average molecular weight is 453 g/mol. The summed E-state index contributed by atoms with van der Waals surface area (Å²) in [6, 6.07) is 29.6. The Morgan fingerprint density at radius 3 is 0.968 bits per heavy atom. The van der Waals surface area contributed by atoms with Crippen LogP contribution < -0.4 is 0 Å². The molecule has 3 aromatic rings. The Labute approximate surface area is 205 Å². The van der Waals surface area contributed by atoms with Gasteiger partial charge in [0.25, 0.3) is 0 Å². The summed E-state index contributed by atoms with van der Waals surface area (Å²) in [6.45, 7) is 16.5. The fourth-order valence-corrected chi connectivity index (χ4v) is 1.73. The van der Waals surface area contributed by atoms with Crippen molar-refractivity contribution in [1.82, 2.24) is 0 Å². The van der Waals surface area contributed by atoms with Crippen LogP contribution in [0.25, 0.3) is 5.64 Å². The maximum absolute atomic E-state index is 4.69. The molecule has 0 aliphatic rings. The van der Waals surface area contributed by atoms with E-state index in [0.717, 1.165) is 29.5 Å². The molecule has 31 heavy (non-hydrogen) atoms. The fourth-order valence-electron chi connectivity index (χ4n) is 1.73. The first-order valence-corrected chi connectivity index (χ1v) is 10.1. The normalized spacial score (nSPS) is 8.71. The smallest absolute Gasteiger partial charge is 0.462 e. The van der Waals surface area contributed by atoms with Crippen molar-refractivity contribution in [2.75, 3.05) is 13.2 Å². The summed E-state index contributed by atoms with van der Waals surface area (Å²) in [7, 11) is 0. The van der Waals surface area contributed by atoms with Crippen molar-refractivity contribution in [3.05, 3.63) is 134 Å². The molecule has 164 valence electrons. The van der Waals surface area contributed by atoms with Crippen molar-refractivity contribution in [2.45, 2.75) is 26.7 Å². The van der Waals surface area contributed by atoms with Gasteiger partial charge in [-0.05, 0) is 12.8 Å². The van der Waals surface area contributed by atoms with Gasteiger partial charge in [-0.3, -0.25) is 0 Å². The molecule has 0 bridgehead atoms. The standard InChI is InChI=1S/3C7H7.C6H14NO2.Ti/c3*1-7-5-3-2-4-6-7;1-3-5-8-7-9-6-4-2;/h3*2-6H,1H2;3-6H2,1-2H3;/q4*-1;+4. The summed E-state index contributed by atoms with van der Waals surface area (Å²) < 4.78 is 0. The number of benzene rings is 3. The van der Waals surface area contributed by atoms with Gasteiger partial charge in [0.2, 0.25) is 0 Å². The molecule has 0 unspecified atom stereocenters. The van der Waals surface area contributed by atoms with Crippen LogP contribution in [0.15, 0.2) is 91.0 Å². The SMILES string of the molecule is CCCO[N-]OCCC.[CH2-]c1ccccc1.[CH2-]c1ccccc1.[CH2-]c1ccccc1.[Ti+4]. The molecule has 3 aromatic carbocycles. The summed E-state index contributed by atoms with van der Waals surface area (Å²) in [5, 5.41) is 0. The Kier molecular flexibility index (Phi) is 24.2. The quantitative estimate of drug-likeness (QED) is 0.166. The minimum atomic E-state index is 0. The van der Waals surface area contributed by atoms with Crippen LogP contribution in [0, 0.1) is 20.8 Å². The third-order valence-electron chi connectivity index (χ3n) is 3.22.